The number of rotatable bonds is 8. The van der Waals surface area contributed by atoms with E-state index in [1.807, 2.05) is 11.3 Å². The van der Waals surface area contributed by atoms with Crippen LogP contribution in [-0.4, -0.2) is 4.57 Å². The molecule has 0 atom stereocenters. The number of benzene rings is 7. The van der Waals surface area contributed by atoms with E-state index in [1.165, 1.54) is 148 Å². The Morgan fingerprint density at radius 3 is 1.55 bits per heavy atom. The van der Waals surface area contributed by atoms with Crippen LogP contribution in [-0.2, 0) is 27.1 Å². The van der Waals surface area contributed by atoms with Crippen LogP contribution in [0.25, 0.3) is 36.8 Å². The molecule has 380 valence electrons. The van der Waals surface area contributed by atoms with Gasteiger partial charge >= 0.3 is 0 Å². The topological polar surface area (TPSA) is 11.4 Å². The number of aromatic nitrogens is 1. The van der Waals surface area contributed by atoms with Gasteiger partial charge in [-0.2, -0.15) is 0 Å². The average molecular weight is 994 g/mol. The molecule has 7 aromatic carbocycles. The predicted octanol–water partition coefficient (Wildman–Crippen LogP) is 20.9. The van der Waals surface area contributed by atoms with Crippen molar-refractivity contribution < 1.29 is 0 Å². The second-order valence-electron chi connectivity index (χ2n) is 26.6. The second kappa shape index (κ2) is 17.8. The lowest BCUT2D eigenvalue weighted by atomic mass is 9.76. The quantitative estimate of drug-likeness (QED) is 0.150. The van der Waals surface area contributed by atoms with E-state index in [0.29, 0.717) is 0 Å². The first-order valence-corrected chi connectivity index (χ1v) is 28.4. The van der Waals surface area contributed by atoms with Gasteiger partial charge in [0.05, 0.1) is 22.6 Å². The molecular formula is C70H79N3S. The largest absolute Gasteiger partial charge is 0.312 e. The highest BCUT2D eigenvalue weighted by Crippen LogP contribution is 2.59. The van der Waals surface area contributed by atoms with Crippen LogP contribution < -0.4 is 9.80 Å². The molecule has 11 rings (SSSR count). The Morgan fingerprint density at radius 1 is 0.514 bits per heavy atom. The lowest BCUT2D eigenvalue weighted by Gasteiger charge is -2.37. The third-order valence-electron chi connectivity index (χ3n) is 17.4. The van der Waals surface area contributed by atoms with Crippen LogP contribution in [0.2, 0.25) is 0 Å². The molecule has 0 unspecified atom stereocenters. The molecule has 9 aromatic rings. The molecule has 2 saturated carbocycles. The molecule has 0 N–H and O–H groups in total. The fourth-order valence-electron chi connectivity index (χ4n) is 12.8. The van der Waals surface area contributed by atoms with Crippen LogP contribution in [0.3, 0.4) is 0 Å². The van der Waals surface area contributed by atoms with E-state index in [9.17, 15) is 0 Å². The zero-order chi connectivity index (χ0) is 52.4. The van der Waals surface area contributed by atoms with Crippen LogP contribution in [0.5, 0.6) is 0 Å². The van der Waals surface area contributed by atoms with Gasteiger partial charge in [-0.15, -0.1) is 11.3 Å². The van der Waals surface area contributed by atoms with Gasteiger partial charge in [0.15, 0.2) is 0 Å². The molecule has 0 amide bonds. The summed E-state index contributed by atoms with van der Waals surface area (Å²) in [5.41, 5.74) is 20.6. The van der Waals surface area contributed by atoms with Crippen LogP contribution in [0.1, 0.15) is 160 Å². The number of anilines is 6. The van der Waals surface area contributed by atoms with Gasteiger partial charge in [0.1, 0.15) is 0 Å². The predicted molar refractivity (Wildman–Crippen MR) is 323 cm³/mol. The molecule has 2 bridgehead atoms. The van der Waals surface area contributed by atoms with Crippen LogP contribution in [0.4, 0.5) is 34.1 Å². The average Bonchev–Trinajstić information content (AvgIpc) is 4.14. The van der Waals surface area contributed by atoms with Gasteiger partial charge in [-0.1, -0.05) is 156 Å². The number of fused-ring (bicyclic) bond motifs is 7. The molecule has 74 heavy (non-hydrogen) atoms. The summed E-state index contributed by atoms with van der Waals surface area (Å²) >= 11 is 1.94. The highest BCUT2D eigenvalue weighted by molar-refractivity contribution is 7.26. The van der Waals surface area contributed by atoms with Gasteiger partial charge in [-0.3, -0.25) is 0 Å². The number of hydrogen-bond acceptors (Lipinski definition) is 3. The second-order valence-corrected chi connectivity index (χ2v) is 27.6. The highest BCUT2D eigenvalue weighted by Gasteiger charge is 2.47. The van der Waals surface area contributed by atoms with Crippen LogP contribution >= 0.6 is 11.3 Å². The Bertz CT molecular complexity index is 3580. The molecule has 2 heterocycles. The van der Waals surface area contributed by atoms with E-state index in [4.69, 9.17) is 0 Å². The molecule has 2 aromatic heterocycles. The lowest BCUT2D eigenvalue weighted by Crippen LogP contribution is -2.23. The van der Waals surface area contributed by atoms with E-state index in [0.717, 1.165) is 5.92 Å². The van der Waals surface area contributed by atoms with E-state index in [-0.39, 0.29) is 27.1 Å². The van der Waals surface area contributed by atoms with E-state index in [2.05, 4.69) is 258 Å². The summed E-state index contributed by atoms with van der Waals surface area (Å²) < 4.78 is 5.21. The van der Waals surface area contributed by atoms with Gasteiger partial charge in [0.25, 0.3) is 0 Å². The van der Waals surface area contributed by atoms with Gasteiger partial charge < -0.3 is 14.4 Å². The summed E-state index contributed by atoms with van der Waals surface area (Å²) in [4.78, 5) is 5.32. The normalized spacial score (nSPS) is 17.3. The Kier molecular flexibility index (Phi) is 12.0. The molecule has 4 heteroatoms. The van der Waals surface area contributed by atoms with E-state index < -0.39 is 0 Å². The molecule has 2 aliphatic rings. The molecule has 2 aliphatic carbocycles. The fourth-order valence-corrected chi connectivity index (χ4v) is 14.1. The minimum absolute atomic E-state index is 0.00481. The van der Waals surface area contributed by atoms with Crippen molar-refractivity contribution in [2.24, 2.45) is 5.92 Å². The molecule has 3 nitrogen and oxygen atoms in total. The van der Waals surface area contributed by atoms with Crippen LogP contribution in [0, 0.1) is 26.7 Å². The maximum absolute atomic E-state index is 2.70. The Balaban J connectivity index is 1.26. The van der Waals surface area contributed by atoms with Crippen molar-refractivity contribution in [3.05, 3.63) is 184 Å². The zero-order valence-corrected chi connectivity index (χ0v) is 48.0. The van der Waals surface area contributed by atoms with Crippen molar-refractivity contribution in [3.8, 4) is 5.69 Å². The number of aryl methyl sites for hydroxylation is 1. The van der Waals surface area contributed by atoms with Crippen molar-refractivity contribution in [2.45, 2.75) is 163 Å². The van der Waals surface area contributed by atoms with Crippen molar-refractivity contribution in [1.82, 2.24) is 4.57 Å². The summed E-state index contributed by atoms with van der Waals surface area (Å²) in [5.74, 6) is 0.795. The zero-order valence-electron chi connectivity index (χ0n) is 47.1. The summed E-state index contributed by atoms with van der Waals surface area (Å²) in [5, 5.41) is 3.93. The van der Waals surface area contributed by atoms with Gasteiger partial charge in [-0.25, -0.2) is 0 Å². The molecule has 0 saturated heterocycles. The Labute approximate surface area is 447 Å². The minimum Gasteiger partial charge on any atom is -0.312 e. The number of hydrogen-bond donors (Lipinski definition) is 0. The molecule has 0 radical (unpaired) electrons. The fraction of sp³-hybridized carbons (Fsp3) is 0.371. The molecule has 0 aliphatic heterocycles. The van der Waals surface area contributed by atoms with Crippen molar-refractivity contribution in [3.63, 3.8) is 0 Å². The van der Waals surface area contributed by atoms with Crippen LogP contribution in [0.15, 0.2) is 140 Å². The third kappa shape index (κ3) is 8.58. The van der Waals surface area contributed by atoms with E-state index in [1.54, 1.807) is 0 Å². The molecule has 2 fully saturated rings. The first-order chi connectivity index (χ1) is 34.9. The van der Waals surface area contributed by atoms with Gasteiger partial charge in [0.2, 0.25) is 0 Å². The summed E-state index contributed by atoms with van der Waals surface area (Å²) in [7, 11) is 0. The first kappa shape index (κ1) is 50.1. The Morgan fingerprint density at radius 2 is 1.03 bits per heavy atom. The third-order valence-corrected chi connectivity index (χ3v) is 18.6. The van der Waals surface area contributed by atoms with Crippen molar-refractivity contribution >= 4 is 76.5 Å². The highest BCUT2D eigenvalue weighted by atomic mass is 32.1. The lowest BCUT2D eigenvalue weighted by molar-refractivity contribution is 0.419. The number of thiophene rings is 1. The number of nitrogens with zero attached hydrogens (tertiary/aromatic N) is 3. The smallest absolute Gasteiger partial charge is 0.0765 e. The Hall–Kier alpha value is -6.10. The van der Waals surface area contributed by atoms with Gasteiger partial charge in [-0.05, 0) is 192 Å². The first-order valence-electron chi connectivity index (χ1n) is 27.6. The molecule has 0 spiro atoms. The minimum atomic E-state index is 0.00481. The van der Waals surface area contributed by atoms with Crippen molar-refractivity contribution in [2.75, 3.05) is 9.80 Å². The summed E-state index contributed by atoms with van der Waals surface area (Å²) in [6, 6.07) is 54.8. The van der Waals surface area contributed by atoms with Crippen molar-refractivity contribution in [1.29, 1.82) is 0 Å². The SMILES string of the molecule is Cc1cc(C(C)(C)C)ccc1N(c1ccc(C(C)(C)C)cc1)c1cc(C23CCC(CC2)C3)cc(N(c2ccc(C(C)(C)C)cc2)c2c(C)n(-c3ccc(C(C)(C)C)cc3)c3ccc4c5ccccc5sc4c23)c1C. The van der Waals surface area contributed by atoms with E-state index >= 15 is 0 Å². The standard InChI is InChI=1S/C70H79N3S/c1-44-40-51(69(13,14)15)26-34-58(44)72(54-29-22-49(23-30-54)67(7,8)9)60-41-52(70-38-36-47(43-70)37-39-70)42-61(45(60)2)73(55-31-24-50(25-32-55)68(10,11)12)64-46(3)71(53-27-20-48(21-28-53)66(4,5)6)59-35-33-57-56-18-16-17-19-62(56)74-65(57)63(59)64/h16-35,40-42,47H,36-39,43H2,1-15H3. The monoisotopic (exact) mass is 994 g/mol. The maximum Gasteiger partial charge on any atom is 0.0765 e. The molecular weight excluding hydrogens is 915 g/mol. The maximum atomic E-state index is 2.70. The summed E-state index contributed by atoms with van der Waals surface area (Å²) in [6.45, 7) is 35.0. The summed E-state index contributed by atoms with van der Waals surface area (Å²) in [6.07, 6.45) is 6.37. The van der Waals surface area contributed by atoms with Gasteiger partial charge in [0, 0.05) is 54.0 Å².